The van der Waals surface area contributed by atoms with E-state index in [1.807, 2.05) is 18.2 Å². The second-order valence-electron chi connectivity index (χ2n) is 5.35. The number of halogens is 1. The lowest BCUT2D eigenvalue weighted by Crippen LogP contribution is -2.15. The van der Waals surface area contributed by atoms with Gasteiger partial charge in [-0.25, -0.2) is 4.98 Å². The molecule has 6 nitrogen and oxygen atoms in total. The summed E-state index contributed by atoms with van der Waals surface area (Å²) < 4.78 is 0. The lowest BCUT2D eigenvalue weighted by molar-refractivity contribution is -0.115. The van der Waals surface area contributed by atoms with Crippen molar-refractivity contribution in [2.24, 2.45) is 0 Å². The molecule has 0 unspecified atom stereocenters. The molecule has 2 aromatic heterocycles. The molecule has 120 valence electrons. The van der Waals surface area contributed by atoms with Crippen LogP contribution in [0.5, 0.6) is 0 Å². The summed E-state index contributed by atoms with van der Waals surface area (Å²) in [6.07, 6.45) is 7.47. The van der Waals surface area contributed by atoms with Crippen molar-refractivity contribution in [3.63, 3.8) is 0 Å². The normalized spacial score (nSPS) is 13.3. The van der Waals surface area contributed by atoms with Gasteiger partial charge in [-0.15, -0.1) is 0 Å². The Morgan fingerprint density at radius 3 is 2.79 bits per heavy atom. The predicted octanol–water partition coefficient (Wildman–Crippen LogP) is 2.49. The Labute approximate surface area is 144 Å². The predicted molar refractivity (Wildman–Crippen MR) is 91.0 cm³/mol. The maximum Gasteiger partial charge on any atom is 0.230 e. The maximum absolute atomic E-state index is 12.0. The molecule has 1 N–H and O–H groups in total. The second kappa shape index (κ2) is 7.11. The minimum Gasteiger partial charge on any atom is -0.310 e. The van der Waals surface area contributed by atoms with Crippen LogP contribution < -0.4 is 5.32 Å². The highest BCUT2D eigenvalue weighted by Crippen LogP contribution is 2.19. The molecular weight excluding hydrogens is 326 g/mol. The van der Waals surface area contributed by atoms with Gasteiger partial charge in [0.2, 0.25) is 5.91 Å². The van der Waals surface area contributed by atoms with E-state index < -0.39 is 0 Å². The third-order valence-corrected chi connectivity index (χ3v) is 3.80. The summed E-state index contributed by atoms with van der Waals surface area (Å²) in [6.45, 7) is 1.19. The molecule has 0 atom stereocenters. The van der Waals surface area contributed by atoms with E-state index in [9.17, 15) is 4.79 Å². The highest BCUT2D eigenvalue weighted by molar-refractivity contribution is 6.30. The van der Waals surface area contributed by atoms with Crippen molar-refractivity contribution in [2.75, 3.05) is 18.4 Å². The number of rotatable bonds is 4. The van der Waals surface area contributed by atoms with Crippen LogP contribution in [0.15, 0.2) is 42.7 Å². The molecule has 0 saturated carbocycles. The van der Waals surface area contributed by atoms with Crippen LogP contribution in [0.1, 0.15) is 11.3 Å². The van der Waals surface area contributed by atoms with Gasteiger partial charge in [0, 0.05) is 18.9 Å². The van der Waals surface area contributed by atoms with Gasteiger partial charge in [-0.1, -0.05) is 23.7 Å². The number of hydrogen-bond donors (Lipinski definition) is 1. The van der Waals surface area contributed by atoms with Gasteiger partial charge >= 0.3 is 0 Å². The van der Waals surface area contributed by atoms with Crippen molar-refractivity contribution in [1.82, 2.24) is 14.9 Å². The Hall–Kier alpha value is -2.91. The molecule has 0 saturated heterocycles. The van der Waals surface area contributed by atoms with E-state index in [-0.39, 0.29) is 12.3 Å². The van der Waals surface area contributed by atoms with E-state index in [4.69, 9.17) is 16.9 Å². The smallest absolute Gasteiger partial charge is 0.230 e. The van der Waals surface area contributed by atoms with Crippen molar-refractivity contribution in [3.05, 3.63) is 59.0 Å². The Balaban J connectivity index is 1.59. The molecule has 0 spiro atoms. The zero-order chi connectivity index (χ0) is 16.9. The van der Waals surface area contributed by atoms with Crippen molar-refractivity contribution in [3.8, 4) is 6.19 Å². The van der Waals surface area contributed by atoms with Crippen LogP contribution >= 0.6 is 11.6 Å². The molecule has 0 aromatic carbocycles. The van der Waals surface area contributed by atoms with E-state index in [0.29, 0.717) is 23.9 Å². The van der Waals surface area contributed by atoms with Gasteiger partial charge < -0.3 is 10.2 Å². The van der Waals surface area contributed by atoms with Crippen molar-refractivity contribution >= 4 is 28.9 Å². The average Bonchev–Trinajstić information content (AvgIpc) is 3.07. The first-order valence-corrected chi connectivity index (χ1v) is 7.72. The number of nitrogens with one attached hydrogen (secondary N) is 1. The van der Waals surface area contributed by atoms with Crippen molar-refractivity contribution in [2.45, 2.75) is 6.42 Å². The summed E-state index contributed by atoms with van der Waals surface area (Å²) in [5, 5.41) is 12.1. The Bertz CT molecular complexity index is 808. The standard InChI is InChI=1S/C17H14ClN5O/c18-14-2-4-16(21-9-14)22-17(24)7-12-1-3-15(20-8-12)13-5-6-23(10-13)11-19/h1-5,8-9H,6-7,10H2,(H,21,22,24). The van der Waals surface area contributed by atoms with Crippen LogP contribution in [-0.4, -0.2) is 33.9 Å². The zero-order valence-corrected chi connectivity index (χ0v) is 13.5. The molecule has 0 radical (unpaired) electrons. The highest BCUT2D eigenvalue weighted by atomic mass is 35.5. The maximum atomic E-state index is 12.0. The summed E-state index contributed by atoms with van der Waals surface area (Å²) in [7, 11) is 0. The molecule has 3 heterocycles. The largest absolute Gasteiger partial charge is 0.310 e. The van der Waals surface area contributed by atoms with Gasteiger partial charge in [-0.05, 0) is 29.3 Å². The fraction of sp³-hybridized carbons (Fsp3) is 0.176. The van der Waals surface area contributed by atoms with Crippen LogP contribution in [0.4, 0.5) is 5.82 Å². The van der Waals surface area contributed by atoms with Gasteiger partial charge in [0.25, 0.3) is 0 Å². The molecule has 1 aliphatic heterocycles. The van der Waals surface area contributed by atoms with E-state index in [2.05, 4.69) is 21.5 Å². The second-order valence-corrected chi connectivity index (χ2v) is 5.78. The summed E-state index contributed by atoms with van der Waals surface area (Å²) >= 11 is 5.76. The quantitative estimate of drug-likeness (QED) is 0.865. The number of nitrogens with zero attached hydrogens (tertiary/aromatic N) is 4. The fourth-order valence-corrected chi connectivity index (χ4v) is 2.47. The summed E-state index contributed by atoms with van der Waals surface area (Å²) in [4.78, 5) is 22.1. The van der Waals surface area contributed by atoms with Crippen LogP contribution in [-0.2, 0) is 11.2 Å². The number of aromatic nitrogens is 2. The van der Waals surface area contributed by atoms with E-state index in [1.165, 1.54) is 6.20 Å². The number of anilines is 1. The lowest BCUT2D eigenvalue weighted by atomic mass is 10.1. The first-order valence-electron chi connectivity index (χ1n) is 7.34. The SMILES string of the molecule is N#CN1CC=C(c2ccc(CC(=O)Nc3ccc(Cl)cn3)cn2)C1. The Morgan fingerprint density at radius 1 is 1.29 bits per heavy atom. The van der Waals surface area contributed by atoms with E-state index >= 15 is 0 Å². The summed E-state index contributed by atoms with van der Waals surface area (Å²) in [5.41, 5.74) is 2.66. The highest BCUT2D eigenvalue weighted by Gasteiger charge is 2.15. The van der Waals surface area contributed by atoms with Crippen LogP contribution in [0.3, 0.4) is 0 Å². The summed E-state index contributed by atoms with van der Waals surface area (Å²) in [6, 6.07) is 7.05. The Kier molecular flexibility index (Phi) is 4.73. The topological polar surface area (TPSA) is 81.9 Å². The number of hydrogen-bond acceptors (Lipinski definition) is 5. The van der Waals surface area contributed by atoms with Crippen LogP contribution in [0.25, 0.3) is 5.57 Å². The molecule has 24 heavy (non-hydrogen) atoms. The van der Waals surface area contributed by atoms with Gasteiger partial charge in [0.1, 0.15) is 5.82 Å². The van der Waals surface area contributed by atoms with Gasteiger partial charge in [-0.3, -0.25) is 9.78 Å². The first-order chi connectivity index (χ1) is 11.6. The number of pyridine rings is 2. The van der Waals surface area contributed by atoms with Gasteiger partial charge in [0.05, 0.1) is 23.7 Å². The monoisotopic (exact) mass is 339 g/mol. The molecule has 7 heteroatoms. The minimum absolute atomic E-state index is 0.171. The molecule has 2 aromatic rings. The van der Waals surface area contributed by atoms with Crippen LogP contribution in [0.2, 0.25) is 5.02 Å². The number of carbonyl (C=O) groups excluding carboxylic acids is 1. The molecule has 1 aliphatic rings. The molecule has 1 amide bonds. The third kappa shape index (κ3) is 3.89. The Morgan fingerprint density at radius 2 is 2.17 bits per heavy atom. The molecule has 0 bridgehead atoms. The average molecular weight is 340 g/mol. The van der Waals surface area contributed by atoms with Crippen LogP contribution in [0, 0.1) is 11.5 Å². The van der Waals surface area contributed by atoms with E-state index in [1.54, 1.807) is 23.2 Å². The third-order valence-electron chi connectivity index (χ3n) is 3.57. The molecular formula is C17H14ClN5O. The van der Waals surface area contributed by atoms with Gasteiger partial charge in [0.15, 0.2) is 6.19 Å². The van der Waals surface area contributed by atoms with Gasteiger partial charge in [-0.2, -0.15) is 5.26 Å². The number of amides is 1. The number of carbonyl (C=O) groups is 1. The minimum atomic E-state index is -0.171. The first kappa shape index (κ1) is 16.0. The summed E-state index contributed by atoms with van der Waals surface area (Å²) in [5.74, 6) is 0.289. The lowest BCUT2D eigenvalue weighted by Gasteiger charge is -2.07. The van der Waals surface area contributed by atoms with Crippen molar-refractivity contribution < 1.29 is 4.79 Å². The zero-order valence-electron chi connectivity index (χ0n) is 12.7. The van der Waals surface area contributed by atoms with Crippen molar-refractivity contribution in [1.29, 1.82) is 5.26 Å². The van der Waals surface area contributed by atoms with E-state index in [0.717, 1.165) is 16.8 Å². The molecule has 0 fully saturated rings. The fourth-order valence-electron chi connectivity index (χ4n) is 2.36. The molecule has 3 rings (SSSR count). The molecule has 0 aliphatic carbocycles. The number of nitriles is 1.